The summed E-state index contributed by atoms with van der Waals surface area (Å²) in [7, 11) is 0. The van der Waals surface area contributed by atoms with Gasteiger partial charge in [-0.1, -0.05) is 24.1 Å². The van der Waals surface area contributed by atoms with Crippen molar-refractivity contribution in [3.63, 3.8) is 0 Å². The van der Waals surface area contributed by atoms with Crippen molar-refractivity contribution in [3.05, 3.63) is 29.8 Å². The van der Waals surface area contributed by atoms with Crippen molar-refractivity contribution < 1.29 is 0 Å². The van der Waals surface area contributed by atoms with Crippen LogP contribution in [0.15, 0.2) is 29.2 Å². The number of nitrogens with zero attached hydrogens (tertiary/aromatic N) is 1. The van der Waals surface area contributed by atoms with Crippen molar-refractivity contribution in [2.24, 2.45) is 5.92 Å². The summed E-state index contributed by atoms with van der Waals surface area (Å²) in [4.78, 5) is 1.30. The maximum Gasteiger partial charge on any atom is 0.0667 e. The Morgan fingerprint density at radius 1 is 1.27 bits per heavy atom. The molecule has 0 aromatic heterocycles. The molecule has 0 radical (unpaired) electrons. The zero-order chi connectivity index (χ0) is 10.7. The highest BCUT2D eigenvalue weighted by Crippen LogP contribution is 2.38. The van der Waals surface area contributed by atoms with Gasteiger partial charge in [-0.15, -0.1) is 11.8 Å². The topological polar surface area (TPSA) is 23.8 Å². The zero-order valence-corrected chi connectivity index (χ0v) is 9.76. The van der Waals surface area contributed by atoms with Gasteiger partial charge >= 0.3 is 0 Å². The number of aryl methyl sites for hydroxylation is 1. The van der Waals surface area contributed by atoms with E-state index in [1.165, 1.54) is 23.3 Å². The first-order valence-corrected chi connectivity index (χ1v) is 6.30. The summed E-state index contributed by atoms with van der Waals surface area (Å²) in [6.45, 7) is 2.10. The number of thioether (sulfide) groups is 1. The summed E-state index contributed by atoms with van der Waals surface area (Å²) in [5, 5.41) is 9.51. The standard InChI is InChI=1S/C13H15NS/c1-10-5-7-12(8-6-10)15-13-4-2-3-11(13)9-14/h5-8,11,13H,2-4H2,1H3. The first-order valence-electron chi connectivity index (χ1n) is 5.42. The molecule has 1 aliphatic rings. The van der Waals surface area contributed by atoms with Gasteiger partial charge in [-0.3, -0.25) is 0 Å². The van der Waals surface area contributed by atoms with E-state index >= 15 is 0 Å². The minimum Gasteiger partial charge on any atom is -0.198 e. The van der Waals surface area contributed by atoms with E-state index in [1.54, 1.807) is 0 Å². The third kappa shape index (κ3) is 2.54. The molecule has 0 aliphatic heterocycles. The Kier molecular flexibility index (Phi) is 3.33. The molecule has 1 aromatic rings. The molecule has 2 unspecified atom stereocenters. The van der Waals surface area contributed by atoms with Crippen LogP contribution >= 0.6 is 11.8 Å². The number of rotatable bonds is 2. The largest absolute Gasteiger partial charge is 0.198 e. The molecule has 0 spiro atoms. The van der Waals surface area contributed by atoms with Gasteiger partial charge in [0.1, 0.15) is 0 Å². The molecular formula is C13H15NS. The molecule has 15 heavy (non-hydrogen) atoms. The van der Waals surface area contributed by atoms with Crippen LogP contribution in [0.4, 0.5) is 0 Å². The quantitative estimate of drug-likeness (QED) is 0.752. The average molecular weight is 217 g/mol. The molecule has 78 valence electrons. The van der Waals surface area contributed by atoms with Gasteiger partial charge in [-0.25, -0.2) is 0 Å². The van der Waals surface area contributed by atoms with Crippen LogP contribution in [0, 0.1) is 24.2 Å². The monoisotopic (exact) mass is 217 g/mol. The molecule has 1 aliphatic carbocycles. The van der Waals surface area contributed by atoms with Gasteiger partial charge in [0.05, 0.1) is 12.0 Å². The summed E-state index contributed by atoms with van der Waals surface area (Å²) >= 11 is 1.87. The normalized spacial score (nSPS) is 25.1. The molecule has 0 N–H and O–H groups in total. The molecule has 2 rings (SSSR count). The highest BCUT2D eigenvalue weighted by molar-refractivity contribution is 8.00. The smallest absolute Gasteiger partial charge is 0.0667 e. The number of benzene rings is 1. The average Bonchev–Trinajstić information content (AvgIpc) is 2.69. The first-order chi connectivity index (χ1) is 7.29. The Morgan fingerprint density at radius 3 is 2.67 bits per heavy atom. The van der Waals surface area contributed by atoms with Crippen molar-refractivity contribution in [1.29, 1.82) is 5.26 Å². The summed E-state index contributed by atoms with van der Waals surface area (Å²) in [5.74, 6) is 0.260. The molecule has 0 bridgehead atoms. The van der Waals surface area contributed by atoms with E-state index < -0.39 is 0 Å². The summed E-state index contributed by atoms with van der Waals surface area (Å²) in [5.41, 5.74) is 1.29. The predicted molar refractivity (Wildman–Crippen MR) is 63.8 cm³/mol. The molecule has 1 saturated carbocycles. The van der Waals surface area contributed by atoms with Crippen LogP contribution < -0.4 is 0 Å². The molecule has 2 heteroatoms. The fourth-order valence-corrected chi connectivity index (χ4v) is 3.29. The van der Waals surface area contributed by atoms with E-state index in [2.05, 4.69) is 37.3 Å². The molecule has 0 heterocycles. The van der Waals surface area contributed by atoms with E-state index in [0.717, 1.165) is 6.42 Å². The highest BCUT2D eigenvalue weighted by atomic mass is 32.2. The van der Waals surface area contributed by atoms with Gasteiger partial charge in [-0.05, 0) is 31.9 Å². The fourth-order valence-electron chi connectivity index (χ4n) is 2.01. The molecule has 1 aromatic carbocycles. The Balaban J connectivity index is 2.03. The molecule has 1 nitrogen and oxygen atoms in total. The minimum atomic E-state index is 0.260. The van der Waals surface area contributed by atoms with Gasteiger partial charge < -0.3 is 0 Å². The molecule has 0 saturated heterocycles. The van der Waals surface area contributed by atoms with E-state index in [-0.39, 0.29) is 5.92 Å². The third-order valence-corrected chi connectivity index (χ3v) is 4.34. The number of hydrogen-bond donors (Lipinski definition) is 0. The van der Waals surface area contributed by atoms with Crippen LogP contribution in [0.25, 0.3) is 0 Å². The zero-order valence-electron chi connectivity index (χ0n) is 8.94. The van der Waals surface area contributed by atoms with Crippen LogP contribution in [0.1, 0.15) is 24.8 Å². The van der Waals surface area contributed by atoms with Gasteiger partial charge in [0, 0.05) is 10.1 Å². The summed E-state index contributed by atoms with van der Waals surface area (Å²) in [6.07, 6.45) is 3.48. The van der Waals surface area contributed by atoms with Gasteiger partial charge in [-0.2, -0.15) is 5.26 Å². The van der Waals surface area contributed by atoms with E-state index in [0.29, 0.717) is 5.25 Å². The van der Waals surface area contributed by atoms with Crippen LogP contribution in [0.3, 0.4) is 0 Å². The Labute approximate surface area is 95.5 Å². The van der Waals surface area contributed by atoms with Crippen molar-refractivity contribution in [2.75, 3.05) is 0 Å². The lowest BCUT2D eigenvalue weighted by atomic mass is 10.1. The SMILES string of the molecule is Cc1ccc(SC2CCCC2C#N)cc1. The van der Waals surface area contributed by atoms with Crippen LogP contribution in [-0.2, 0) is 0 Å². The van der Waals surface area contributed by atoms with Crippen molar-refractivity contribution in [2.45, 2.75) is 36.3 Å². The predicted octanol–water partition coefficient (Wildman–Crippen LogP) is 3.78. The molecule has 2 atom stereocenters. The van der Waals surface area contributed by atoms with Crippen molar-refractivity contribution in [3.8, 4) is 6.07 Å². The number of nitriles is 1. The summed E-state index contributed by atoms with van der Waals surface area (Å²) in [6, 6.07) is 11.0. The van der Waals surface area contributed by atoms with E-state index in [1.807, 2.05) is 11.8 Å². The van der Waals surface area contributed by atoms with E-state index in [9.17, 15) is 0 Å². The lowest BCUT2D eigenvalue weighted by Gasteiger charge is -2.12. The van der Waals surface area contributed by atoms with Crippen LogP contribution in [0.2, 0.25) is 0 Å². The lowest BCUT2D eigenvalue weighted by molar-refractivity contribution is 0.714. The maximum absolute atomic E-state index is 9.00. The van der Waals surface area contributed by atoms with Crippen molar-refractivity contribution in [1.82, 2.24) is 0 Å². The first kappa shape index (κ1) is 10.6. The second kappa shape index (κ2) is 4.72. The fraction of sp³-hybridized carbons (Fsp3) is 0.462. The van der Waals surface area contributed by atoms with Gasteiger partial charge in [0.2, 0.25) is 0 Å². The Morgan fingerprint density at radius 2 is 2.00 bits per heavy atom. The molecule has 0 amide bonds. The van der Waals surface area contributed by atoms with Crippen molar-refractivity contribution >= 4 is 11.8 Å². The highest BCUT2D eigenvalue weighted by Gasteiger charge is 2.27. The third-order valence-electron chi connectivity index (χ3n) is 2.93. The van der Waals surface area contributed by atoms with E-state index in [4.69, 9.17) is 5.26 Å². The second-order valence-electron chi connectivity index (χ2n) is 4.14. The van der Waals surface area contributed by atoms with Crippen LogP contribution in [0.5, 0.6) is 0 Å². The van der Waals surface area contributed by atoms with Gasteiger partial charge in [0.15, 0.2) is 0 Å². The van der Waals surface area contributed by atoms with Crippen LogP contribution in [-0.4, -0.2) is 5.25 Å². The maximum atomic E-state index is 9.00. The Hall–Kier alpha value is -0.940. The Bertz CT molecular complexity index is 363. The summed E-state index contributed by atoms with van der Waals surface area (Å²) < 4.78 is 0. The molecular weight excluding hydrogens is 202 g/mol. The van der Waals surface area contributed by atoms with Gasteiger partial charge in [0.25, 0.3) is 0 Å². The number of hydrogen-bond acceptors (Lipinski definition) is 2. The molecule has 1 fully saturated rings. The lowest BCUT2D eigenvalue weighted by Crippen LogP contribution is -2.06. The second-order valence-corrected chi connectivity index (χ2v) is 5.45. The minimum absolute atomic E-state index is 0.260.